The first-order valence-corrected chi connectivity index (χ1v) is 15.1. The molecule has 5 rings (SSSR count). The van der Waals surface area contributed by atoms with Crippen LogP contribution >= 0.6 is 0 Å². The lowest BCUT2D eigenvalue weighted by Gasteiger charge is -2.34. The number of carbonyl (C=O) groups excluding carboxylic acids is 1. The van der Waals surface area contributed by atoms with Crippen LogP contribution in [0, 0.1) is 0 Å². The monoisotopic (exact) mass is 569 g/mol. The molecule has 8 heteroatoms. The summed E-state index contributed by atoms with van der Waals surface area (Å²) in [6.45, 7) is 9.85. The van der Waals surface area contributed by atoms with E-state index in [2.05, 4.69) is 82.5 Å². The standard InChI is InChI=1S/C34H43N5O3/c1-5-41-33(40)34(2,3)29-25-39-30(35-29)17-18-31(36-39)37(4)21-12-22-38-23-19-28(20-24-38)42-32(26-13-8-6-9-14-26)27-15-10-7-11-16-27/h6-11,13-18,25,28,32H,5,12,19-24H2,1-4H3. The molecule has 42 heavy (non-hydrogen) atoms. The number of imidazole rings is 1. The molecule has 2 aromatic carbocycles. The van der Waals surface area contributed by atoms with Crippen molar-refractivity contribution in [3.05, 3.63) is 95.8 Å². The Labute approximate surface area is 249 Å². The van der Waals surface area contributed by atoms with Crippen molar-refractivity contribution in [1.29, 1.82) is 0 Å². The maximum atomic E-state index is 12.4. The molecule has 0 bridgehead atoms. The number of benzene rings is 2. The number of nitrogens with zero attached hydrogens (tertiary/aromatic N) is 5. The molecule has 4 aromatic rings. The summed E-state index contributed by atoms with van der Waals surface area (Å²) >= 11 is 0. The Balaban J connectivity index is 1.11. The molecule has 1 aliphatic heterocycles. The SMILES string of the molecule is CCOC(=O)C(C)(C)c1cn2nc(N(C)CCCN3CCC(OC(c4ccccc4)c4ccccc4)CC3)ccc2n1. The van der Waals surface area contributed by atoms with Gasteiger partial charge in [-0.3, -0.25) is 4.79 Å². The Kier molecular flexibility index (Phi) is 9.55. The summed E-state index contributed by atoms with van der Waals surface area (Å²) < 4.78 is 13.7. The molecule has 1 aliphatic rings. The van der Waals surface area contributed by atoms with E-state index in [0.717, 1.165) is 51.3 Å². The molecular weight excluding hydrogens is 526 g/mol. The maximum Gasteiger partial charge on any atom is 0.317 e. The van der Waals surface area contributed by atoms with Gasteiger partial charge in [0.05, 0.1) is 24.6 Å². The van der Waals surface area contributed by atoms with Gasteiger partial charge in [-0.25, -0.2) is 9.50 Å². The highest BCUT2D eigenvalue weighted by Crippen LogP contribution is 2.30. The van der Waals surface area contributed by atoms with Crippen LogP contribution in [-0.2, 0) is 19.7 Å². The number of rotatable bonds is 12. The molecule has 0 N–H and O–H groups in total. The highest BCUT2D eigenvalue weighted by atomic mass is 16.5. The van der Waals surface area contributed by atoms with Crippen molar-refractivity contribution in [2.45, 2.75) is 57.7 Å². The zero-order valence-electron chi connectivity index (χ0n) is 25.3. The van der Waals surface area contributed by atoms with Crippen molar-refractivity contribution in [2.24, 2.45) is 0 Å². The Morgan fingerprint density at radius 3 is 2.26 bits per heavy atom. The van der Waals surface area contributed by atoms with E-state index in [1.54, 1.807) is 4.52 Å². The highest BCUT2D eigenvalue weighted by Gasteiger charge is 2.34. The minimum atomic E-state index is -0.835. The van der Waals surface area contributed by atoms with Gasteiger partial charge in [-0.1, -0.05) is 60.7 Å². The fraction of sp³-hybridized carbons (Fsp3) is 0.441. The van der Waals surface area contributed by atoms with Crippen molar-refractivity contribution < 1.29 is 14.3 Å². The molecule has 0 atom stereocenters. The molecule has 8 nitrogen and oxygen atoms in total. The van der Waals surface area contributed by atoms with Gasteiger partial charge in [0, 0.05) is 26.7 Å². The fourth-order valence-electron chi connectivity index (χ4n) is 5.51. The van der Waals surface area contributed by atoms with Crippen molar-refractivity contribution >= 4 is 17.4 Å². The molecule has 0 spiro atoms. The van der Waals surface area contributed by atoms with Crippen LogP contribution in [-0.4, -0.2) is 71.4 Å². The molecule has 0 radical (unpaired) electrons. The molecule has 0 unspecified atom stereocenters. The molecule has 0 amide bonds. The summed E-state index contributed by atoms with van der Waals surface area (Å²) in [6, 6.07) is 25.0. The van der Waals surface area contributed by atoms with Gasteiger partial charge in [0.25, 0.3) is 0 Å². The zero-order valence-corrected chi connectivity index (χ0v) is 25.3. The fourth-order valence-corrected chi connectivity index (χ4v) is 5.51. The van der Waals surface area contributed by atoms with Gasteiger partial charge in [-0.15, -0.1) is 5.10 Å². The Morgan fingerprint density at radius 2 is 1.64 bits per heavy atom. The van der Waals surface area contributed by atoms with Gasteiger partial charge in [0.15, 0.2) is 5.65 Å². The van der Waals surface area contributed by atoms with E-state index in [-0.39, 0.29) is 18.2 Å². The molecule has 0 saturated carbocycles. The van der Waals surface area contributed by atoms with Gasteiger partial charge < -0.3 is 19.3 Å². The number of esters is 1. The number of aromatic nitrogens is 3. The van der Waals surface area contributed by atoms with Gasteiger partial charge >= 0.3 is 5.97 Å². The average molecular weight is 570 g/mol. The van der Waals surface area contributed by atoms with Crippen LogP contribution in [0.2, 0.25) is 0 Å². The maximum absolute atomic E-state index is 12.4. The molecule has 1 fully saturated rings. The third kappa shape index (κ3) is 6.99. The first-order valence-electron chi connectivity index (χ1n) is 15.1. The number of fused-ring (bicyclic) bond motifs is 1. The average Bonchev–Trinajstić information content (AvgIpc) is 3.46. The van der Waals surface area contributed by atoms with Crippen molar-refractivity contribution in [3.63, 3.8) is 0 Å². The van der Waals surface area contributed by atoms with Crippen LogP contribution < -0.4 is 4.90 Å². The van der Waals surface area contributed by atoms with Crippen molar-refractivity contribution in [1.82, 2.24) is 19.5 Å². The van der Waals surface area contributed by atoms with E-state index in [1.807, 2.05) is 39.1 Å². The van der Waals surface area contributed by atoms with Crippen LogP contribution in [0.1, 0.15) is 63.0 Å². The van der Waals surface area contributed by atoms with E-state index in [1.165, 1.54) is 11.1 Å². The van der Waals surface area contributed by atoms with Crippen LogP contribution in [0.25, 0.3) is 5.65 Å². The number of ether oxygens (including phenoxy) is 2. The summed E-state index contributed by atoms with van der Waals surface area (Å²) in [6.07, 6.45) is 5.16. The lowest BCUT2D eigenvalue weighted by Crippen LogP contribution is -2.39. The molecular formula is C34H43N5O3. The summed E-state index contributed by atoms with van der Waals surface area (Å²) in [5.74, 6) is 0.592. The first kappa shape index (κ1) is 29.7. The second kappa shape index (κ2) is 13.5. The minimum absolute atomic E-state index is 0.0368. The topological polar surface area (TPSA) is 72.2 Å². The zero-order chi connectivity index (χ0) is 29.5. The third-order valence-electron chi connectivity index (χ3n) is 8.16. The number of piperidine rings is 1. The Hall–Kier alpha value is -3.75. The van der Waals surface area contributed by atoms with Gasteiger partial charge in [-0.2, -0.15) is 0 Å². The van der Waals surface area contributed by atoms with Crippen molar-refractivity contribution in [3.8, 4) is 0 Å². The number of carbonyl (C=O) groups is 1. The number of likely N-dealkylation sites (tertiary alicyclic amines) is 1. The van der Waals surface area contributed by atoms with Gasteiger partial charge in [0.2, 0.25) is 0 Å². The van der Waals surface area contributed by atoms with E-state index < -0.39 is 5.41 Å². The Bertz CT molecular complexity index is 1390. The van der Waals surface area contributed by atoms with Crippen LogP contribution in [0.4, 0.5) is 5.82 Å². The highest BCUT2D eigenvalue weighted by molar-refractivity contribution is 5.81. The number of anilines is 1. The summed E-state index contributed by atoms with van der Waals surface area (Å²) in [5, 5.41) is 4.77. The minimum Gasteiger partial charge on any atom is -0.465 e. The molecule has 1 saturated heterocycles. The lowest BCUT2D eigenvalue weighted by molar-refractivity contribution is -0.148. The third-order valence-corrected chi connectivity index (χ3v) is 8.16. The lowest BCUT2D eigenvalue weighted by atomic mass is 9.90. The molecule has 0 aliphatic carbocycles. The molecule has 222 valence electrons. The Morgan fingerprint density at radius 1 is 1.00 bits per heavy atom. The van der Waals surface area contributed by atoms with E-state index in [4.69, 9.17) is 14.6 Å². The first-order chi connectivity index (χ1) is 20.3. The smallest absolute Gasteiger partial charge is 0.317 e. The second-order valence-electron chi connectivity index (χ2n) is 11.6. The van der Waals surface area contributed by atoms with Gasteiger partial charge in [0.1, 0.15) is 17.3 Å². The van der Waals surface area contributed by atoms with E-state index in [0.29, 0.717) is 17.9 Å². The number of hydrogen-bond donors (Lipinski definition) is 0. The summed E-state index contributed by atoms with van der Waals surface area (Å²) in [4.78, 5) is 21.8. The van der Waals surface area contributed by atoms with Crippen LogP contribution in [0.15, 0.2) is 79.0 Å². The molecule has 3 heterocycles. The van der Waals surface area contributed by atoms with Crippen LogP contribution in [0.5, 0.6) is 0 Å². The van der Waals surface area contributed by atoms with Crippen LogP contribution in [0.3, 0.4) is 0 Å². The summed E-state index contributed by atoms with van der Waals surface area (Å²) in [7, 11) is 2.07. The predicted molar refractivity (Wildman–Crippen MR) is 166 cm³/mol. The summed E-state index contributed by atoms with van der Waals surface area (Å²) in [5.41, 5.74) is 2.94. The van der Waals surface area contributed by atoms with E-state index in [9.17, 15) is 4.79 Å². The quantitative estimate of drug-likeness (QED) is 0.204. The normalized spacial score (nSPS) is 14.9. The van der Waals surface area contributed by atoms with Gasteiger partial charge in [-0.05, 0) is 69.8 Å². The van der Waals surface area contributed by atoms with Crippen molar-refractivity contribution in [2.75, 3.05) is 44.7 Å². The van der Waals surface area contributed by atoms with E-state index >= 15 is 0 Å². The number of hydrogen-bond acceptors (Lipinski definition) is 7. The largest absolute Gasteiger partial charge is 0.465 e. The molecule has 2 aromatic heterocycles. The second-order valence-corrected chi connectivity index (χ2v) is 11.6. The predicted octanol–water partition coefficient (Wildman–Crippen LogP) is 5.67.